The number of halogens is 5. The molecule has 4 rings (SSSR count). The van der Waals surface area contributed by atoms with E-state index in [0.29, 0.717) is 0 Å². The van der Waals surface area contributed by atoms with Crippen molar-refractivity contribution < 1.29 is 0 Å². The largest absolute Gasteiger partial charge is 0.233 e. The van der Waals surface area contributed by atoms with E-state index in [1.165, 1.54) is 0 Å². The van der Waals surface area contributed by atoms with E-state index >= 15 is 0 Å². The lowest BCUT2D eigenvalue weighted by molar-refractivity contribution is 0.879. The molecule has 0 aliphatic heterocycles. The summed E-state index contributed by atoms with van der Waals surface area (Å²) in [6, 6.07) is 3.85. The van der Waals surface area contributed by atoms with Gasteiger partial charge in [-0.3, -0.25) is 0 Å². The van der Waals surface area contributed by atoms with E-state index in [1.807, 2.05) is 29.1 Å². The Morgan fingerprint density at radius 1 is 0.880 bits per heavy atom. The summed E-state index contributed by atoms with van der Waals surface area (Å²) in [5, 5.41) is 8.52. The third-order valence-corrected chi connectivity index (χ3v) is 6.50. The lowest BCUT2D eigenvalue weighted by Gasteiger charge is -2.00. The van der Waals surface area contributed by atoms with Crippen LogP contribution in [-0.4, -0.2) is 35.5 Å². The molecule has 25 heavy (non-hydrogen) atoms. The summed E-state index contributed by atoms with van der Waals surface area (Å²) in [6.45, 7) is 0. The lowest BCUT2D eigenvalue weighted by Crippen LogP contribution is -1.95. The maximum Gasteiger partial charge on any atom is 0.169 e. The molecule has 0 bridgehead atoms. The molecular formula is C13H7Br3I2N6S. The Labute approximate surface area is 199 Å². The Balaban J connectivity index is 0.000000146. The second kappa shape index (κ2) is 8.67. The molecular weight excluding hydrogens is 766 g/mol. The molecule has 0 aliphatic carbocycles. The molecule has 0 spiro atoms. The van der Waals surface area contributed by atoms with Crippen molar-refractivity contribution in [2.45, 2.75) is 4.90 Å². The molecule has 0 N–H and O–H groups in total. The number of fused-ring (bicyclic) bond motifs is 2. The minimum atomic E-state index is 0.790. The van der Waals surface area contributed by atoms with Crippen molar-refractivity contribution in [3.05, 3.63) is 45.6 Å². The summed E-state index contributed by atoms with van der Waals surface area (Å²) in [7, 11) is 0. The molecule has 0 saturated carbocycles. The van der Waals surface area contributed by atoms with Crippen LogP contribution in [0, 0.1) is 7.40 Å². The predicted molar refractivity (Wildman–Crippen MR) is 126 cm³/mol. The van der Waals surface area contributed by atoms with Gasteiger partial charge in [-0.1, -0.05) is 0 Å². The van der Waals surface area contributed by atoms with Crippen molar-refractivity contribution in [3.8, 4) is 0 Å². The van der Waals surface area contributed by atoms with Crippen LogP contribution in [0.3, 0.4) is 0 Å². The van der Waals surface area contributed by atoms with Crippen LogP contribution in [-0.2, 0) is 0 Å². The van der Waals surface area contributed by atoms with Crippen LogP contribution >= 0.6 is 105 Å². The molecule has 130 valence electrons. The van der Waals surface area contributed by atoms with Gasteiger partial charge in [-0.2, -0.15) is 10.2 Å². The Morgan fingerprint density at radius 3 is 2.00 bits per heavy atom. The number of aromatic nitrogens is 6. The highest BCUT2D eigenvalue weighted by atomic mass is 127. The molecule has 0 radical (unpaired) electrons. The maximum absolute atomic E-state index is 4.29. The number of hydrogen-bond acceptors (Lipinski definition) is 5. The molecule has 4 aromatic heterocycles. The first-order valence-corrected chi connectivity index (χ1v) is 12.3. The van der Waals surface area contributed by atoms with Crippen molar-refractivity contribution in [3.63, 3.8) is 0 Å². The fourth-order valence-corrected chi connectivity index (χ4v) is 5.14. The van der Waals surface area contributed by atoms with E-state index in [9.17, 15) is 0 Å². The Kier molecular flexibility index (Phi) is 7.01. The molecule has 0 aliphatic rings. The van der Waals surface area contributed by atoms with Crippen LogP contribution in [0.2, 0.25) is 0 Å². The molecule has 0 unspecified atom stereocenters. The summed E-state index contributed by atoms with van der Waals surface area (Å²) in [6.07, 6.45) is 5.62. The summed E-state index contributed by atoms with van der Waals surface area (Å²) in [5.74, 6) is 0. The first-order chi connectivity index (χ1) is 11.9. The van der Waals surface area contributed by atoms with Crippen LogP contribution in [0.5, 0.6) is 0 Å². The topological polar surface area (TPSA) is 60.4 Å². The zero-order valence-corrected chi connectivity index (χ0v) is 22.2. The van der Waals surface area contributed by atoms with Gasteiger partial charge in [0.1, 0.15) is 16.6 Å². The molecule has 0 aromatic carbocycles. The van der Waals surface area contributed by atoms with Gasteiger partial charge in [0, 0.05) is 0 Å². The van der Waals surface area contributed by atoms with Crippen LogP contribution < -0.4 is 0 Å². The minimum absolute atomic E-state index is 0.790. The lowest BCUT2D eigenvalue weighted by atomic mass is 10.5. The fraction of sp³-hybridized carbons (Fsp3) is 0.0769. The van der Waals surface area contributed by atoms with E-state index in [2.05, 4.69) is 113 Å². The van der Waals surface area contributed by atoms with Gasteiger partial charge in [0.15, 0.2) is 11.3 Å². The molecule has 0 fully saturated rings. The number of rotatable bonds is 1. The standard InChI is InChI=1S/C7H5BrIN3S.C6H2Br2IN3/c1-13-4-2-5(8)11-12-6(9)3-10-7(4)12;7-3-1-4(8)11-12-5(9)2-10-6(3)12/h2-3H,1H3;1-2H. The SMILES string of the molecule is Brc1cc(Br)c2ncc(I)n2n1.CSc1cc(Br)nn2c(I)cnc12. The highest BCUT2D eigenvalue weighted by molar-refractivity contribution is 14.1. The van der Waals surface area contributed by atoms with Crippen molar-refractivity contribution >= 4 is 116 Å². The molecule has 0 atom stereocenters. The highest BCUT2D eigenvalue weighted by Crippen LogP contribution is 2.24. The predicted octanol–water partition coefficient (Wildman–Crippen LogP) is 5.68. The van der Waals surface area contributed by atoms with Crippen molar-refractivity contribution in [1.29, 1.82) is 0 Å². The Morgan fingerprint density at radius 2 is 1.40 bits per heavy atom. The van der Waals surface area contributed by atoms with Crippen molar-refractivity contribution in [2.75, 3.05) is 6.26 Å². The molecule has 4 aromatic rings. The van der Waals surface area contributed by atoms with Gasteiger partial charge in [-0.25, -0.2) is 19.0 Å². The average Bonchev–Trinajstić information content (AvgIpc) is 3.12. The zero-order valence-electron chi connectivity index (χ0n) is 12.3. The zero-order chi connectivity index (χ0) is 18.1. The Hall–Kier alpha value is 0.490. The van der Waals surface area contributed by atoms with E-state index in [0.717, 1.165) is 37.3 Å². The smallest absolute Gasteiger partial charge is 0.169 e. The van der Waals surface area contributed by atoms with E-state index in [-0.39, 0.29) is 0 Å². The molecule has 6 nitrogen and oxygen atoms in total. The number of imidazole rings is 2. The van der Waals surface area contributed by atoms with Crippen LogP contribution in [0.25, 0.3) is 11.3 Å². The molecule has 0 saturated heterocycles. The van der Waals surface area contributed by atoms with E-state index in [1.54, 1.807) is 22.5 Å². The molecule has 0 amide bonds. The van der Waals surface area contributed by atoms with Gasteiger partial charge in [-0.15, -0.1) is 11.8 Å². The number of hydrogen-bond donors (Lipinski definition) is 0. The van der Waals surface area contributed by atoms with Crippen LogP contribution in [0.1, 0.15) is 0 Å². The molecule has 4 heterocycles. The van der Waals surface area contributed by atoms with Gasteiger partial charge in [0.25, 0.3) is 0 Å². The van der Waals surface area contributed by atoms with E-state index in [4.69, 9.17) is 0 Å². The first kappa shape index (κ1) is 20.2. The second-order valence-electron chi connectivity index (χ2n) is 4.48. The van der Waals surface area contributed by atoms with Crippen LogP contribution in [0.15, 0.2) is 43.1 Å². The minimum Gasteiger partial charge on any atom is -0.233 e. The van der Waals surface area contributed by atoms with Gasteiger partial charge < -0.3 is 0 Å². The van der Waals surface area contributed by atoms with Crippen molar-refractivity contribution in [1.82, 2.24) is 29.2 Å². The summed E-state index contributed by atoms with van der Waals surface area (Å²) >= 11 is 16.1. The van der Waals surface area contributed by atoms with Crippen LogP contribution in [0.4, 0.5) is 0 Å². The highest BCUT2D eigenvalue weighted by Gasteiger charge is 2.08. The third-order valence-electron chi connectivity index (χ3n) is 2.93. The van der Waals surface area contributed by atoms with Gasteiger partial charge in [0.05, 0.1) is 21.8 Å². The first-order valence-electron chi connectivity index (χ1n) is 6.49. The number of thioether (sulfide) groups is 1. The van der Waals surface area contributed by atoms with Gasteiger partial charge >= 0.3 is 0 Å². The quantitative estimate of drug-likeness (QED) is 0.184. The summed E-state index contributed by atoms with van der Waals surface area (Å²) < 4.78 is 8.17. The Bertz CT molecular complexity index is 1070. The van der Waals surface area contributed by atoms with Gasteiger partial charge in [0.2, 0.25) is 0 Å². The summed E-state index contributed by atoms with van der Waals surface area (Å²) in [5.41, 5.74) is 1.75. The van der Waals surface area contributed by atoms with E-state index < -0.39 is 0 Å². The monoisotopic (exact) mass is 770 g/mol. The maximum atomic E-state index is 4.29. The fourth-order valence-electron chi connectivity index (χ4n) is 1.91. The summed E-state index contributed by atoms with van der Waals surface area (Å²) in [4.78, 5) is 9.60. The average molecular weight is 773 g/mol. The third kappa shape index (κ3) is 4.50. The molecule has 12 heteroatoms. The van der Waals surface area contributed by atoms with Gasteiger partial charge in [-0.05, 0) is 111 Å². The second-order valence-corrected chi connectivity index (χ2v) is 10.0. The van der Waals surface area contributed by atoms with Crippen molar-refractivity contribution in [2.24, 2.45) is 0 Å². The number of nitrogens with zero attached hydrogens (tertiary/aromatic N) is 6. The normalized spacial score (nSPS) is 11.0.